The van der Waals surface area contributed by atoms with E-state index in [1.807, 2.05) is 0 Å². The summed E-state index contributed by atoms with van der Waals surface area (Å²) >= 11 is 0. The molecule has 0 bridgehead atoms. The number of nitrogens with zero attached hydrogens (tertiary/aromatic N) is 1. The molecular formula is C9H18N2. The van der Waals surface area contributed by atoms with E-state index in [4.69, 9.17) is 0 Å². The Morgan fingerprint density at radius 1 is 1.18 bits per heavy atom. The zero-order valence-corrected chi connectivity index (χ0v) is 7.34. The van der Waals surface area contributed by atoms with Crippen molar-refractivity contribution in [3.05, 3.63) is 0 Å². The predicted octanol–water partition coefficient (Wildman–Crippen LogP) is 0.690. The summed E-state index contributed by atoms with van der Waals surface area (Å²) in [4.78, 5) is 2.66. The molecule has 2 heteroatoms. The molecule has 2 unspecified atom stereocenters. The van der Waals surface area contributed by atoms with Gasteiger partial charge in [0.2, 0.25) is 0 Å². The minimum atomic E-state index is 0.845. The summed E-state index contributed by atoms with van der Waals surface area (Å²) in [5.41, 5.74) is 0. The fourth-order valence-electron chi connectivity index (χ4n) is 2.36. The van der Waals surface area contributed by atoms with Crippen LogP contribution in [-0.4, -0.2) is 37.1 Å². The van der Waals surface area contributed by atoms with Crippen molar-refractivity contribution >= 4 is 0 Å². The third-order valence-corrected chi connectivity index (χ3v) is 3.09. The molecule has 0 aromatic rings. The Labute approximate surface area is 69.0 Å². The maximum Gasteiger partial charge on any atom is 0.0258 e. The van der Waals surface area contributed by atoms with Crippen molar-refractivity contribution in [2.45, 2.75) is 25.8 Å². The second-order valence-electron chi connectivity index (χ2n) is 3.95. The van der Waals surface area contributed by atoms with Crippen LogP contribution in [0, 0.1) is 5.92 Å². The van der Waals surface area contributed by atoms with Gasteiger partial charge in [0.05, 0.1) is 0 Å². The first-order valence-corrected chi connectivity index (χ1v) is 4.82. The highest BCUT2D eigenvalue weighted by Gasteiger charge is 2.29. The topological polar surface area (TPSA) is 15.3 Å². The van der Waals surface area contributed by atoms with Crippen molar-refractivity contribution in [1.29, 1.82) is 0 Å². The Bertz CT molecular complexity index is 130. The summed E-state index contributed by atoms with van der Waals surface area (Å²) < 4.78 is 0. The average Bonchev–Trinajstić information content (AvgIpc) is 2.55. The van der Waals surface area contributed by atoms with E-state index in [0.717, 1.165) is 12.0 Å². The predicted molar refractivity (Wildman–Crippen MR) is 46.6 cm³/mol. The van der Waals surface area contributed by atoms with E-state index >= 15 is 0 Å². The lowest BCUT2D eigenvalue weighted by molar-refractivity contribution is 0.220. The Kier molecular flexibility index (Phi) is 2.14. The lowest BCUT2D eigenvalue weighted by Crippen LogP contribution is -2.37. The van der Waals surface area contributed by atoms with Gasteiger partial charge in [0.25, 0.3) is 0 Å². The highest BCUT2D eigenvalue weighted by atomic mass is 15.2. The second kappa shape index (κ2) is 3.11. The standard InChI is InChI=1S/C9H18N2/c1-8-6-10-7-9(8)11-4-2-3-5-11/h8-10H,2-7H2,1H3. The zero-order valence-electron chi connectivity index (χ0n) is 7.34. The van der Waals surface area contributed by atoms with Gasteiger partial charge in [-0.25, -0.2) is 0 Å². The molecule has 2 rings (SSSR count). The van der Waals surface area contributed by atoms with Gasteiger partial charge in [0.1, 0.15) is 0 Å². The smallest absolute Gasteiger partial charge is 0.0258 e. The van der Waals surface area contributed by atoms with E-state index in [9.17, 15) is 0 Å². The maximum atomic E-state index is 3.46. The molecule has 2 saturated heterocycles. The largest absolute Gasteiger partial charge is 0.315 e. The fraction of sp³-hybridized carbons (Fsp3) is 1.00. The van der Waals surface area contributed by atoms with Crippen LogP contribution in [0.3, 0.4) is 0 Å². The van der Waals surface area contributed by atoms with Crippen molar-refractivity contribution < 1.29 is 0 Å². The highest BCUT2D eigenvalue weighted by Crippen LogP contribution is 2.19. The average molecular weight is 154 g/mol. The van der Waals surface area contributed by atoms with Gasteiger partial charge in [-0.3, -0.25) is 4.90 Å². The van der Waals surface area contributed by atoms with Crippen molar-refractivity contribution in [3.63, 3.8) is 0 Å². The van der Waals surface area contributed by atoms with Gasteiger partial charge < -0.3 is 5.32 Å². The Balaban J connectivity index is 1.92. The lowest BCUT2D eigenvalue weighted by atomic mass is 10.1. The first-order valence-electron chi connectivity index (χ1n) is 4.82. The van der Waals surface area contributed by atoms with Gasteiger partial charge >= 0.3 is 0 Å². The van der Waals surface area contributed by atoms with E-state index in [1.54, 1.807) is 0 Å². The molecule has 2 atom stereocenters. The molecule has 0 saturated carbocycles. The van der Waals surface area contributed by atoms with Gasteiger partial charge in [-0.15, -0.1) is 0 Å². The normalized spacial score (nSPS) is 40.1. The van der Waals surface area contributed by atoms with Crippen LogP contribution in [0.5, 0.6) is 0 Å². The maximum absolute atomic E-state index is 3.46. The SMILES string of the molecule is CC1CNCC1N1CCCC1. The molecule has 0 aromatic heterocycles. The molecule has 64 valence electrons. The van der Waals surface area contributed by atoms with Gasteiger partial charge in [0.15, 0.2) is 0 Å². The van der Waals surface area contributed by atoms with Crippen molar-refractivity contribution in [2.75, 3.05) is 26.2 Å². The summed E-state index contributed by atoms with van der Waals surface area (Å²) in [7, 11) is 0. The Morgan fingerprint density at radius 3 is 2.45 bits per heavy atom. The van der Waals surface area contributed by atoms with Crippen LogP contribution in [0.2, 0.25) is 0 Å². The minimum absolute atomic E-state index is 0.845. The fourth-order valence-corrected chi connectivity index (χ4v) is 2.36. The summed E-state index contributed by atoms with van der Waals surface area (Å²) in [6.07, 6.45) is 2.84. The summed E-state index contributed by atoms with van der Waals surface area (Å²) in [5.74, 6) is 0.869. The molecule has 2 aliphatic rings. The van der Waals surface area contributed by atoms with E-state index in [0.29, 0.717) is 0 Å². The number of rotatable bonds is 1. The van der Waals surface area contributed by atoms with Gasteiger partial charge in [0, 0.05) is 12.6 Å². The van der Waals surface area contributed by atoms with E-state index < -0.39 is 0 Å². The first-order chi connectivity index (χ1) is 5.38. The quantitative estimate of drug-likeness (QED) is 0.598. The minimum Gasteiger partial charge on any atom is -0.315 e. The van der Waals surface area contributed by atoms with Gasteiger partial charge in [-0.2, -0.15) is 0 Å². The molecule has 2 aliphatic heterocycles. The monoisotopic (exact) mass is 154 g/mol. The molecule has 0 aromatic carbocycles. The van der Waals surface area contributed by atoms with Crippen LogP contribution in [-0.2, 0) is 0 Å². The molecule has 1 N–H and O–H groups in total. The molecule has 2 heterocycles. The van der Waals surface area contributed by atoms with Crippen LogP contribution in [0.1, 0.15) is 19.8 Å². The third kappa shape index (κ3) is 1.42. The van der Waals surface area contributed by atoms with Crippen LogP contribution in [0.4, 0.5) is 0 Å². The number of hydrogen-bond donors (Lipinski definition) is 1. The first kappa shape index (κ1) is 7.56. The van der Waals surface area contributed by atoms with E-state index in [2.05, 4.69) is 17.1 Å². The van der Waals surface area contributed by atoms with Gasteiger partial charge in [-0.1, -0.05) is 6.92 Å². The van der Waals surface area contributed by atoms with Crippen LogP contribution in [0.15, 0.2) is 0 Å². The molecule has 2 nitrogen and oxygen atoms in total. The summed E-state index contributed by atoms with van der Waals surface area (Å²) in [6.45, 7) is 7.50. The third-order valence-electron chi connectivity index (χ3n) is 3.09. The van der Waals surface area contributed by atoms with Crippen molar-refractivity contribution in [2.24, 2.45) is 5.92 Å². The second-order valence-corrected chi connectivity index (χ2v) is 3.95. The van der Waals surface area contributed by atoms with Gasteiger partial charge in [-0.05, 0) is 38.4 Å². The van der Waals surface area contributed by atoms with E-state index in [-0.39, 0.29) is 0 Å². The molecular weight excluding hydrogens is 136 g/mol. The molecule has 11 heavy (non-hydrogen) atoms. The Morgan fingerprint density at radius 2 is 1.91 bits per heavy atom. The van der Waals surface area contributed by atoms with Crippen LogP contribution >= 0.6 is 0 Å². The summed E-state index contributed by atoms with van der Waals surface area (Å²) in [5, 5.41) is 3.46. The Hall–Kier alpha value is -0.0800. The zero-order chi connectivity index (χ0) is 7.68. The van der Waals surface area contributed by atoms with Crippen molar-refractivity contribution in [1.82, 2.24) is 10.2 Å². The van der Waals surface area contributed by atoms with Crippen LogP contribution < -0.4 is 5.32 Å². The molecule has 2 fully saturated rings. The number of likely N-dealkylation sites (tertiary alicyclic amines) is 1. The van der Waals surface area contributed by atoms with Crippen molar-refractivity contribution in [3.8, 4) is 0 Å². The van der Waals surface area contributed by atoms with E-state index in [1.165, 1.54) is 39.0 Å². The molecule has 0 amide bonds. The lowest BCUT2D eigenvalue weighted by Gasteiger charge is -2.25. The molecule has 0 aliphatic carbocycles. The molecule has 0 spiro atoms. The number of hydrogen-bond acceptors (Lipinski definition) is 2. The van der Waals surface area contributed by atoms with Crippen LogP contribution in [0.25, 0.3) is 0 Å². The summed E-state index contributed by atoms with van der Waals surface area (Å²) in [6, 6.07) is 0.845. The number of nitrogens with one attached hydrogen (secondary N) is 1. The molecule has 0 radical (unpaired) electrons. The highest BCUT2D eigenvalue weighted by molar-refractivity contribution is 4.87.